The molecule has 12 atom stereocenters. The van der Waals surface area contributed by atoms with Crippen molar-refractivity contribution < 1.29 is 64.6 Å². The van der Waals surface area contributed by atoms with Crippen LogP contribution in [0, 0.1) is 0 Å². The number of carbonyl (C=O) groups excluding carboxylic acids is 1. The first-order valence-electron chi connectivity index (χ1n) is 33.6. The van der Waals surface area contributed by atoms with Crippen LogP contribution in [0.15, 0.2) is 146 Å². The Morgan fingerprint density at radius 3 is 1.22 bits per heavy atom. The van der Waals surface area contributed by atoms with E-state index < -0.39 is 86.8 Å². The van der Waals surface area contributed by atoms with Crippen LogP contribution in [0.3, 0.4) is 0 Å². The van der Waals surface area contributed by atoms with Crippen LogP contribution in [0.25, 0.3) is 0 Å². The van der Waals surface area contributed by atoms with Gasteiger partial charge in [-0.3, -0.25) is 4.79 Å². The molecule has 2 rings (SSSR count). The lowest BCUT2D eigenvalue weighted by Gasteiger charge is -2.46. The lowest BCUT2D eigenvalue weighted by atomic mass is 9.97. The maximum absolute atomic E-state index is 13.3. The summed E-state index contributed by atoms with van der Waals surface area (Å²) in [7, 11) is 0. The van der Waals surface area contributed by atoms with E-state index in [1.165, 1.54) is 44.9 Å². The van der Waals surface area contributed by atoms with Gasteiger partial charge < -0.3 is 65.1 Å². The fourth-order valence-electron chi connectivity index (χ4n) is 9.94. The Kier molecular flexibility index (Phi) is 50.7. The smallest absolute Gasteiger partial charge is 0.220 e. The molecular formula is C73H119NO13. The third-order valence-corrected chi connectivity index (χ3v) is 15.3. The molecular weight excluding hydrogens is 1100 g/mol. The zero-order valence-electron chi connectivity index (χ0n) is 53.4. The molecule has 0 aromatic heterocycles. The van der Waals surface area contributed by atoms with E-state index in [1.54, 1.807) is 6.08 Å². The second-order valence-corrected chi connectivity index (χ2v) is 22.9. The molecule has 14 heteroatoms. The van der Waals surface area contributed by atoms with Crippen molar-refractivity contribution in [3.05, 3.63) is 146 Å². The summed E-state index contributed by atoms with van der Waals surface area (Å²) in [6, 6.07) is -0.930. The van der Waals surface area contributed by atoms with E-state index in [2.05, 4.69) is 153 Å². The first kappa shape index (κ1) is 79.0. The number of aliphatic hydroxyl groups excluding tert-OH is 8. The third-order valence-electron chi connectivity index (χ3n) is 15.3. The van der Waals surface area contributed by atoms with Crippen LogP contribution in [0.1, 0.15) is 213 Å². The molecule has 0 saturated carbocycles. The molecule has 0 spiro atoms. The van der Waals surface area contributed by atoms with E-state index in [9.17, 15) is 45.6 Å². The number of allylic oxidation sites excluding steroid dienone is 23. The molecule has 9 N–H and O–H groups in total. The fraction of sp³-hybridized carbons (Fsp3) is 0.658. The van der Waals surface area contributed by atoms with Gasteiger partial charge in [-0.1, -0.05) is 250 Å². The van der Waals surface area contributed by atoms with E-state index >= 15 is 0 Å². The van der Waals surface area contributed by atoms with Crippen LogP contribution in [-0.4, -0.2) is 140 Å². The predicted molar refractivity (Wildman–Crippen MR) is 354 cm³/mol. The average Bonchev–Trinajstić information content (AvgIpc) is 2.31. The van der Waals surface area contributed by atoms with Crippen LogP contribution in [0.5, 0.6) is 0 Å². The lowest BCUT2D eigenvalue weighted by Crippen LogP contribution is -2.65. The Balaban J connectivity index is 1.62. The summed E-state index contributed by atoms with van der Waals surface area (Å²) in [5.74, 6) is -0.258. The molecule has 2 aliphatic rings. The summed E-state index contributed by atoms with van der Waals surface area (Å²) in [6.07, 6.45) is 67.6. The Bertz CT molecular complexity index is 2020. The van der Waals surface area contributed by atoms with Crippen LogP contribution in [-0.2, 0) is 23.7 Å². The van der Waals surface area contributed by atoms with E-state index in [0.717, 1.165) is 141 Å². The molecule has 0 radical (unpaired) electrons. The van der Waals surface area contributed by atoms with Crippen LogP contribution < -0.4 is 5.32 Å². The van der Waals surface area contributed by atoms with Gasteiger partial charge in [0.05, 0.1) is 32.0 Å². The predicted octanol–water partition coefficient (Wildman–Crippen LogP) is 13.3. The van der Waals surface area contributed by atoms with E-state index in [0.29, 0.717) is 6.42 Å². The minimum absolute atomic E-state index is 0.258. The highest BCUT2D eigenvalue weighted by Crippen LogP contribution is 2.30. The summed E-state index contributed by atoms with van der Waals surface area (Å²) in [5, 5.41) is 87.1. The molecule has 0 bridgehead atoms. The molecule has 2 saturated heterocycles. The van der Waals surface area contributed by atoms with Crippen molar-refractivity contribution in [1.82, 2.24) is 5.32 Å². The lowest BCUT2D eigenvalue weighted by molar-refractivity contribution is -0.359. The largest absolute Gasteiger partial charge is 0.394 e. The van der Waals surface area contributed by atoms with Crippen LogP contribution >= 0.6 is 0 Å². The molecule has 0 aromatic carbocycles. The van der Waals surface area contributed by atoms with Gasteiger partial charge in [0.15, 0.2) is 12.6 Å². The highest BCUT2D eigenvalue weighted by molar-refractivity contribution is 5.76. The van der Waals surface area contributed by atoms with Crippen molar-refractivity contribution in [2.75, 3.05) is 19.8 Å². The Labute approximate surface area is 525 Å². The number of rotatable bonds is 52. The Morgan fingerprint density at radius 2 is 0.793 bits per heavy atom. The quantitative estimate of drug-likeness (QED) is 0.0204. The minimum atomic E-state index is -1.80. The normalized spacial score (nSPS) is 24.3. The second-order valence-electron chi connectivity index (χ2n) is 22.9. The number of unbranched alkanes of at least 4 members (excludes halogenated alkanes) is 17. The van der Waals surface area contributed by atoms with Gasteiger partial charge in [-0.15, -0.1) is 0 Å². The molecule has 2 heterocycles. The molecule has 14 nitrogen and oxygen atoms in total. The first-order chi connectivity index (χ1) is 42.6. The van der Waals surface area contributed by atoms with Crippen LogP contribution in [0.2, 0.25) is 0 Å². The van der Waals surface area contributed by atoms with Gasteiger partial charge in [0.2, 0.25) is 5.91 Å². The van der Waals surface area contributed by atoms with Gasteiger partial charge in [0.25, 0.3) is 0 Å². The van der Waals surface area contributed by atoms with Crippen molar-refractivity contribution >= 4 is 5.91 Å². The number of hydrogen-bond acceptors (Lipinski definition) is 13. The standard InChI is InChI=1S/C73H119NO13/c1-3-5-7-9-11-13-15-17-18-19-20-21-22-23-24-25-26-27-28-29-30-31-32-33-34-35-36-37-38-39-40-41-42-43-44-45-47-49-51-53-55-57-65(78)74-61(62(77)56-54-52-50-48-46-16-14-12-10-8-6-4-2)60-84-72-70(83)68(81)71(64(59-76)86-72)87-73-69(82)67(80)66(79)63(58-75)85-73/h5,7,11,13,17-18,20-21,23-24,26-27,29-30,32-33,35-36,38-39,41-42,54,56,61-64,66-73,75-77,79-83H,3-4,6,8-10,12,14-16,19,22,25,28,31,34,37,40,43-53,55,57-60H2,1-2H3,(H,74,78)/b7-5-,13-11-,18-17-,21-20-,24-23-,27-26-,30-29-,33-32-,36-35-,39-38-,42-41-,56-54+. The van der Waals surface area contributed by atoms with E-state index in [1.807, 2.05) is 6.08 Å². The Morgan fingerprint density at radius 1 is 0.425 bits per heavy atom. The van der Waals surface area contributed by atoms with Gasteiger partial charge in [-0.05, 0) is 103 Å². The number of carbonyl (C=O) groups is 1. The number of nitrogens with one attached hydrogen (secondary N) is 1. The maximum atomic E-state index is 13.3. The fourth-order valence-corrected chi connectivity index (χ4v) is 9.94. The molecule has 0 aliphatic carbocycles. The van der Waals surface area contributed by atoms with Gasteiger partial charge in [0, 0.05) is 6.42 Å². The summed E-state index contributed by atoms with van der Waals surface area (Å²) in [4.78, 5) is 13.3. The number of aliphatic hydroxyl groups is 8. The third kappa shape index (κ3) is 40.3. The SMILES string of the molecule is CC/C=C\C/C=C\C/C=C\C/C=C\C/C=C\C/C=C\C/C=C\C/C=C\C/C=C\C/C=C\C/C=C\CCCCCCCCCC(=O)NC(COC1OC(CO)C(OC2OC(CO)C(O)C(O)C2O)C(O)C1O)C(O)/C=C/CCCCCCCCCCCC. The van der Waals surface area contributed by atoms with Crippen molar-refractivity contribution in [2.24, 2.45) is 0 Å². The molecule has 1 amide bonds. The van der Waals surface area contributed by atoms with Gasteiger partial charge >= 0.3 is 0 Å². The minimum Gasteiger partial charge on any atom is -0.394 e. The highest BCUT2D eigenvalue weighted by atomic mass is 16.7. The van der Waals surface area contributed by atoms with Crippen molar-refractivity contribution in [2.45, 2.75) is 286 Å². The summed E-state index contributed by atoms with van der Waals surface area (Å²) >= 11 is 0. The molecule has 87 heavy (non-hydrogen) atoms. The molecule has 2 fully saturated rings. The summed E-state index contributed by atoms with van der Waals surface area (Å²) in [6.45, 7) is 2.64. The molecule has 12 unspecified atom stereocenters. The maximum Gasteiger partial charge on any atom is 0.220 e. The zero-order chi connectivity index (χ0) is 63.1. The highest BCUT2D eigenvalue weighted by Gasteiger charge is 2.51. The monoisotopic (exact) mass is 1220 g/mol. The second kappa shape index (κ2) is 55.9. The summed E-state index contributed by atoms with van der Waals surface area (Å²) in [5.41, 5.74) is 0. The number of amides is 1. The van der Waals surface area contributed by atoms with E-state index in [4.69, 9.17) is 18.9 Å². The van der Waals surface area contributed by atoms with Crippen LogP contribution in [0.4, 0.5) is 0 Å². The number of hydrogen-bond donors (Lipinski definition) is 9. The summed E-state index contributed by atoms with van der Waals surface area (Å²) < 4.78 is 22.8. The zero-order valence-corrected chi connectivity index (χ0v) is 53.4. The average molecular weight is 1220 g/mol. The first-order valence-corrected chi connectivity index (χ1v) is 33.6. The van der Waals surface area contributed by atoms with Gasteiger partial charge in [-0.25, -0.2) is 0 Å². The van der Waals surface area contributed by atoms with Crippen molar-refractivity contribution in [3.8, 4) is 0 Å². The Hall–Kier alpha value is -4.13. The van der Waals surface area contributed by atoms with E-state index in [-0.39, 0.29) is 18.9 Å². The topological polar surface area (TPSA) is 228 Å². The number of ether oxygens (including phenoxy) is 4. The van der Waals surface area contributed by atoms with Gasteiger partial charge in [-0.2, -0.15) is 0 Å². The van der Waals surface area contributed by atoms with Crippen molar-refractivity contribution in [1.29, 1.82) is 0 Å². The molecule has 2 aliphatic heterocycles. The van der Waals surface area contributed by atoms with Gasteiger partial charge in [0.1, 0.15) is 48.8 Å². The molecule has 494 valence electrons. The molecule has 0 aromatic rings. The van der Waals surface area contributed by atoms with Crippen molar-refractivity contribution in [3.63, 3.8) is 0 Å².